The molecule has 55 heavy (non-hydrogen) atoms. The molecule has 0 aliphatic carbocycles. The molecule has 0 radical (unpaired) electrons. The molecule has 1 aromatic carbocycles. The minimum absolute atomic E-state index is 0.00405. The van der Waals surface area contributed by atoms with E-state index in [2.05, 4.69) is 58.8 Å². The third-order valence-corrected chi connectivity index (χ3v) is 13.4. The van der Waals surface area contributed by atoms with Gasteiger partial charge in [-0.15, -0.1) is 13.2 Å². The maximum atomic E-state index is 13.4. The number of methoxy groups -OCH3 is 2. The molecule has 3 saturated heterocycles. The standard InChI is InChI=1S/C44H72O10Si/c1-10-23-43(46-5)24-16-21-36(53-43)22-25-49-41(45)30-38(51-33-48-26-27-55(7,8)9)28-39-29-40(50-32-34-17-13-12-14-18-34)42(3,4)44(47-6,54-39)31-37-20-15-19-35(11-2)52-37/h10-14,17-18,35-40H,1-2,15-16,19-33H2,3-9H3/t35-,36-,37-,38+,39+,40-,43?,44-/m0/s1. The second kappa shape index (κ2) is 21.7. The Morgan fingerprint density at radius 2 is 1.75 bits per heavy atom. The normalized spacial score (nSPS) is 30.3. The van der Waals surface area contributed by atoms with Crippen molar-refractivity contribution in [1.29, 1.82) is 0 Å². The summed E-state index contributed by atoms with van der Waals surface area (Å²) in [5.74, 6) is -2.01. The van der Waals surface area contributed by atoms with E-state index >= 15 is 0 Å². The highest BCUT2D eigenvalue weighted by Gasteiger charge is 2.58. The molecule has 3 heterocycles. The zero-order chi connectivity index (χ0) is 40.0. The summed E-state index contributed by atoms with van der Waals surface area (Å²) in [7, 11) is 2.11. The summed E-state index contributed by atoms with van der Waals surface area (Å²) in [5, 5.41) is 0. The lowest BCUT2D eigenvalue weighted by atomic mass is 9.70. The lowest BCUT2D eigenvalue weighted by Gasteiger charge is -2.56. The van der Waals surface area contributed by atoms with Crippen molar-refractivity contribution in [3.63, 3.8) is 0 Å². The van der Waals surface area contributed by atoms with E-state index in [-0.39, 0.29) is 56.3 Å². The minimum atomic E-state index is -1.28. The molecule has 312 valence electrons. The topological polar surface area (TPSA) is 100 Å². The van der Waals surface area contributed by atoms with Gasteiger partial charge in [0, 0.05) is 72.8 Å². The van der Waals surface area contributed by atoms with Crippen LogP contribution >= 0.6 is 0 Å². The summed E-state index contributed by atoms with van der Waals surface area (Å²) in [5.41, 5.74) is 0.556. The van der Waals surface area contributed by atoms with Crippen LogP contribution in [0.5, 0.6) is 0 Å². The Hall–Kier alpha value is -1.93. The van der Waals surface area contributed by atoms with Gasteiger partial charge in [-0.25, -0.2) is 0 Å². The second-order valence-corrected chi connectivity index (χ2v) is 23.0. The quantitative estimate of drug-likeness (QED) is 0.0351. The van der Waals surface area contributed by atoms with Crippen molar-refractivity contribution < 1.29 is 47.4 Å². The van der Waals surface area contributed by atoms with Crippen molar-refractivity contribution in [3.8, 4) is 0 Å². The van der Waals surface area contributed by atoms with E-state index in [4.69, 9.17) is 42.6 Å². The molecule has 1 aromatic rings. The molecule has 8 atom stereocenters. The molecular formula is C44H72O10Si. The molecule has 0 bridgehead atoms. The van der Waals surface area contributed by atoms with Gasteiger partial charge in [0.05, 0.1) is 56.3 Å². The predicted molar refractivity (Wildman–Crippen MR) is 217 cm³/mol. The average Bonchev–Trinajstić information content (AvgIpc) is 3.15. The molecule has 0 spiro atoms. The first-order valence-corrected chi connectivity index (χ1v) is 24.3. The van der Waals surface area contributed by atoms with Crippen molar-refractivity contribution in [2.24, 2.45) is 5.41 Å². The Labute approximate surface area is 332 Å². The average molecular weight is 789 g/mol. The van der Waals surface area contributed by atoms with E-state index < -0.39 is 31.2 Å². The number of carbonyl (C=O) groups excluding carboxylic acids is 1. The summed E-state index contributed by atoms with van der Waals surface area (Å²) in [6, 6.07) is 11.2. The van der Waals surface area contributed by atoms with E-state index in [9.17, 15) is 4.79 Å². The SMILES string of the molecule is C=CCC1(OC)CCC[C@@H](CCOC(=O)C[C@@H](C[C@@H]2C[C@H](OCc3ccccc3)C(C)(C)[C@@](C[C@@H]3CCC[C@H](C=C)O3)(OC)O2)OCOCC[Si](C)(C)C)O1. The van der Waals surface area contributed by atoms with Crippen LogP contribution < -0.4 is 0 Å². The van der Waals surface area contributed by atoms with Crippen LogP contribution in [0.2, 0.25) is 25.7 Å². The molecule has 3 aliphatic rings. The largest absolute Gasteiger partial charge is 0.465 e. The molecule has 3 aliphatic heterocycles. The monoisotopic (exact) mass is 788 g/mol. The predicted octanol–water partition coefficient (Wildman–Crippen LogP) is 9.14. The Morgan fingerprint density at radius 1 is 0.982 bits per heavy atom. The van der Waals surface area contributed by atoms with Gasteiger partial charge in [0.15, 0.2) is 11.6 Å². The molecule has 0 saturated carbocycles. The maximum absolute atomic E-state index is 13.4. The molecule has 0 N–H and O–H groups in total. The number of ether oxygens (including phenoxy) is 9. The van der Waals surface area contributed by atoms with Crippen LogP contribution in [0.15, 0.2) is 55.6 Å². The highest BCUT2D eigenvalue weighted by molar-refractivity contribution is 6.76. The van der Waals surface area contributed by atoms with Gasteiger partial charge < -0.3 is 42.6 Å². The highest BCUT2D eigenvalue weighted by Crippen LogP contribution is 2.51. The van der Waals surface area contributed by atoms with Gasteiger partial charge in [0.2, 0.25) is 0 Å². The summed E-state index contributed by atoms with van der Waals surface area (Å²) < 4.78 is 56.9. The summed E-state index contributed by atoms with van der Waals surface area (Å²) >= 11 is 0. The van der Waals surface area contributed by atoms with E-state index in [1.165, 1.54) is 0 Å². The maximum Gasteiger partial charge on any atom is 0.308 e. The van der Waals surface area contributed by atoms with Crippen LogP contribution in [-0.4, -0.2) is 96.5 Å². The van der Waals surface area contributed by atoms with Gasteiger partial charge in [0.25, 0.3) is 0 Å². The fraction of sp³-hybridized carbons (Fsp3) is 0.750. The summed E-state index contributed by atoms with van der Waals surface area (Å²) in [6.07, 6.45) is 11.0. The van der Waals surface area contributed by atoms with Crippen molar-refractivity contribution in [2.45, 2.75) is 171 Å². The van der Waals surface area contributed by atoms with Gasteiger partial charge in [0.1, 0.15) is 6.79 Å². The number of rotatable bonds is 23. The van der Waals surface area contributed by atoms with Crippen LogP contribution in [0.1, 0.15) is 96.5 Å². The smallest absolute Gasteiger partial charge is 0.308 e. The summed E-state index contributed by atoms with van der Waals surface area (Å²) in [6.45, 7) is 20.6. The van der Waals surface area contributed by atoms with Gasteiger partial charge >= 0.3 is 5.97 Å². The minimum Gasteiger partial charge on any atom is -0.465 e. The Bertz CT molecular complexity index is 1300. The van der Waals surface area contributed by atoms with Crippen molar-refractivity contribution in [1.82, 2.24) is 0 Å². The Balaban J connectivity index is 1.48. The van der Waals surface area contributed by atoms with Crippen LogP contribution in [0.3, 0.4) is 0 Å². The number of benzene rings is 1. The van der Waals surface area contributed by atoms with Crippen LogP contribution in [-0.2, 0) is 54.0 Å². The molecule has 0 aromatic heterocycles. The molecular weight excluding hydrogens is 717 g/mol. The fourth-order valence-electron chi connectivity index (χ4n) is 8.16. The first-order valence-electron chi connectivity index (χ1n) is 20.6. The third-order valence-electron chi connectivity index (χ3n) is 11.7. The lowest BCUT2D eigenvalue weighted by Crippen LogP contribution is -2.63. The van der Waals surface area contributed by atoms with Gasteiger partial charge in [-0.3, -0.25) is 4.79 Å². The van der Waals surface area contributed by atoms with E-state index in [0.29, 0.717) is 45.3 Å². The van der Waals surface area contributed by atoms with Crippen molar-refractivity contribution in [3.05, 3.63) is 61.2 Å². The molecule has 0 amide bonds. The van der Waals surface area contributed by atoms with E-state index in [1.807, 2.05) is 30.4 Å². The first-order chi connectivity index (χ1) is 26.3. The number of esters is 1. The third kappa shape index (κ3) is 13.9. The molecule has 10 nitrogen and oxygen atoms in total. The fourth-order valence-corrected chi connectivity index (χ4v) is 8.92. The first kappa shape index (κ1) is 45.8. The highest BCUT2D eigenvalue weighted by atomic mass is 28.3. The van der Waals surface area contributed by atoms with Gasteiger partial charge in [-0.05, 0) is 43.7 Å². The zero-order valence-electron chi connectivity index (χ0n) is 35.0. The molecule has 1 unspecified atom stereocenters. The van der Waals surface area contributed by atoms with Crippen molar-refractivity contribution in [2.75, 3.05) is 34.2 Å². The zero-order valence-corrected chi connectivity index (χ0v) is 36.0. The van der Waals surface area contributed by atoms with E-state index in [0.717, 1.165) is 50.1 Å². The van der Waals surface area contributed by atoms with Gasteiger partial charge in [-0.1, -0.05) is 76.0 Å². The number of carbonyl (C=O) groups is 1. The van der Waals surface area contributed by atoms with Crippen LogP contribution in [0.25, 0.3) is 0 Å². The Morgan fingerprint density at radius 3 is 2.44 bits per heavy atom. The number of hydrogen-bond donors (Lipinski definition) is 0. The number of hydrogen-bond acceptors (Lipinski definition) is 10. The second-order valence-electron chi connectivity index (χ2n) is 17.4. The summed E-state index contributed by atoms with van der Waals surface area (Å²) in [4.78, 5) is 13.4. The lowest BCUT2D eigenvalue weighted by molar-refractivity contribution is -0.363. The van der Waals surface area contributed by atoms with E-state index in [1.54, 1.807) is 14.2 Å². The van der Waals surface area contributed by atoms with Crippen LogP contribution in [0.4, 0.5) is 0 Å². The molecule has 4 rings (SSSR count). The molecule has 11 heteroatoms. The van der Waals surface area contributed by atoms with Crippen LogP contribution in [0, 0.1) is 5.41 Å². The van der Waals surface area contributed by atoms with Crippen molar-refractivity contribution >= 4 is 14.0 Å². The Kier molecular flexibility index (Phi) is 18.1. The van der Waals surface area contributed by atoms with Gasteiger partial charge in [-0.2, -0.15) is 0 Å². The molecule has 3 fully saturated rings.